The van der Waals surface area contributed by atoms with Crippen molar-refractivity contribution in [1.29, 1.82) is 0 Å². The van der Waals surface area contributed by atoms with Crippen LogP contribution < -0.4 is 0 Å². The van der Waals surface area contributed by atoms with E-state index >= 15 is 0 Å². The van der Waals surface area contributed by atoms with E-state index in [9.17, 15) is 0 Å². The van der Waals surface area contributed by atoms with Crippen molar-refractivity contribution in [3.8, 4) is 0 Å². The van der Waals surface area contributed by atoms with Crippen molar-refractivity contribution in [2.24, 2.45) is 5.92 Å². The summed E-state index contributed by atoms with van der Waals surface area (Å²) in [6.45, 7) is 6.78. The Kier molecular flexibility index (Phi) is 3.18. The SMILES string of the molecule is CC1=Cc2c(cc(C)c(C)c2CCC2C=CC=C2)C1. The third kappa shape index (κ3) is 2.32. The predicted molar refractivity (Wildman–Crippen MR) is 83.4 cm³/mol. The van der Waals surface area contributed by atoms with E-state index in [2.05, 4.69) is 57.2 Å². The zero-order valence-electron chi connectivity index (χ0n) is 12.2. The van der Waals surface area contributed by atoms with Crippen LogP contribution in [0.15, 0.2) is 35.9 Å². The summed E-state index contributed by atoms with van der Waals surface area (Å²) in [5.41, 5.74) is 9.09. The maximum atomic E-state index is 2.40. The first-order valence-corrected chi connectivity index (χ1v) is 7.29. The molecule has 0 N–H and O–H groups in total. The number of hydrogen-bond acceptors (Lipinski definition) is 0. The highest BCUT2D eigenvalue weighted by molar-refractivity contribution is 5.68. The summed E-state index contributed by atoms with van der Waals surface area (Å²) in [4.78, 5) is 0. The molecule has 2 aliphatic carbocycles. The van der Waals surface area contributed by atoms with Gasteiger partial charge in [0.05, 0.1) is 0 Å². The largest absolute Gasteiger partial charge is 0.0776 e. The molecule has 98 valence electrons. The molecule has 0 saturated carbocycles. The highest BCUT2D eigenvalue weighted by Crippen LogP contribution is 2.33. The highest BCUT2D eigenvalue weighted by atomic mass is 14.2. The lowest BCUT2D eigenvalue weighted by Crippen LogP contribution is -2.02. The van der Waals surface area contributed by atoms with Gasteiger partial charge < -0.3 is 0 Å². The van der Waals surface area contributed by atoms with Crippen molar-refractivity contribution in [3.63, 3.8) is 0 Å². The van der Waals surface area contributed by atoms with Gasteiger partial charge in [0, 0.05) is 0 Å². The molecule has 0 bridgehead atoms. The van der Waals surface area contributed by atoms with Crippen LogP contribution in [0.2, 0.25) is 0 Å². The van der Waals surface area contributed by atoms with Crippen LogP contribution in [-0.4, -0.2) is 0 Å². The van der Waals surface area contributed by atoms with Gasteiger partial charge in [-0.1, -0.05) is 42.0 Å². The molecule has 0 amide bonds. The van der Waals surface area contributed by atoms with Gasteiger partial charge in [-0.3, -0.25) is 0 Å². The minimum Gasteiger partial charge on any atom is -0.0776 e. The average Bonchev–Trinajstić information content (AvgIpc) is 2.99. The molecule has 19 heavy (non-hydrogen) atoms. The number of fused-ring (bicyclic) bond motifs is 1. The molecule has 0 aliphatic heterocycles. The molecule has 0 nitrogen and oxygen atoms in total. The van der Waals surface area contributed by atoms with Gasteiger partial charge in [-0.15, -0.1) is 0 Å². The van der Waals surface area contributed by atoms with Crippen molar-refractivity contribution in [2.45, 2.75) is 40.0 Å². The van der Waals surface area contributed by atoms with Crippen LogP contribution in [-0.2, 0) is 12.8 Å². The molecule has 3 rings (SSSR count). The summed E-state index contributed by atoms with van der Waals surface area (Å²) in [5, 5.41) is 0. The number of rotatable bonds is 3. The molecule has 0 aromatic heterocycles. The van der Waals surface area contributed by atoms with Crippen molar-refractivity contribution < 1.29 is 0 Å². The Morgan fingerprint density at radius 3 is 2.58 bits per heavy atom. The van der Waals surface area contributed by atoms with Gasteiger partial charge in [0.1, 0.15) is 0 Å². The Hall–Kier alpha value is -1.56. The highest BCUT2D eigenvalue weighted by Gasteiger charge is 2.17. The third-order valence-corrected chi connectivity index (χ3v) is 4.52. The van der Waals surface area contributed by atoms with Crippen LogP contribution in [0.3, 0.4) is 0 Å². The fourth-order valence-electron chi connectivity index (χ4n) is 3.31. The fourth-order valence-corrected chi connectivity index (χ4v) is 3.31. The molecule has 0 atom stereocenters. The Balaban J connectivity index is 1.91. The van der Waals surface area contributed by atoms with Crippen molar-refractivity contribution in [2.75, 3.05) is 0 Å². The number of allylic oxidation sites excluding steroid dienone is 5. The summed E-state index contributed by atoms with van der Waals surface area (Å²) in [5.74, 6) is 0.641. The molecule has 0 spiro atoms. The first-order chi connectivity index (χ1) is 9.15. The first-order valence-electron chi connectivity index (χ1n) is 7.29. The maximum Gasteiger partial charge on any atom is -0.00441 e. The second-order valence-corrected chi connectivity index (χ2v) is 6.01. The molecule has 0 radical (unpaired) electrons. The van der Waals surface area contributed by atoms with Crippen LogP contribution >= 0.6 is 0 Å². The van der Waals surface area contributed by atoms with E-state index in [0.717, 1.165) is 6.42 Å². The fraction of sp³-hybridized carbons (Fsp3) is 0.368. The number of benzene rings is 1. The van der Waals surface area contributed by atoms with Crippen molar-refractivity contribution in [1.82, 2.24) is 0 Å². The van der Waals surface area contributed by atoms with Gasteiger partial charge in [-0.2, -0.15) is 0 Å². The lowest BCUT2D eigenvalue weighted by atomic mass is 9.89. The Labute approximate surface area is 116 Å². The van der Waals surface area contributed by atoms with Gasteiger partial charge in [-0.05, 0) is 73.8 Å². The van der Waals surface area contributed by atoms with Gasteiger partial charge in [0.15, 0.2) is 0 Å². The summed E-state index contributed by atoms with van der Waals surface area (Å²) < 4.78 is 0. The Morgan fingerprint density at radius 2 is 1.84 bits per heavy atom. The molecule has 0 unspecified atom stereocenters. The number of aryl methyl sites for hydroxylation is 1. The van der Waals surface area contributed by atoms with E-state index in [4.69, 9.17) is 0 Å². The van der Waals surface area contributed by atoms with E-state index in [1.54, 1.807) is 5.56 Å². The lowest BCUT2D eigenvalue weighted by molar-refractivity contribution is 0.712. The van der Waals surface area contributed by atoms with Crippen LogP contribution in [0.1, 0.15) is 41.2 Å². The zero-order chi connectivity index (χ0) is 13.4. The number of hydrogen-bond donors (Lipinski definition) is 0. The van der Waals surface area contributed by atoms with Crippen molar-refractivity contribution in [3.05, 3.63) is 63.8 Å². The van der Waals surface area contributed by atoms with E-state index in [1.807, 2.05) is 0 Å². The van der Waals surface area contributed by atoms with Gasteiger partial charge in [-0.25, -0.2) is 0 Å². The molecule has 1 aromatic rings. The zero-order valence-corrected chi connectivity index (χ0v) is 12.2. The van der Waals surface area contributed by atoms with E-state index in [-0.39, 0.29) is 0 Å². The normalized spacial score (nSPS) is 17.1. The predicted octanol–water partition coefficient (Wildman–Crippen LogP) is 4.94. The minimum atomic E-state index is 0.641. The molecule has 0 heterocycles. The van der Waals surface area contributed by atoms with E-state index in [1.165, 1.54) is 40.7 Å². The van der Waals surface area contributed by atoms with Gasteiger partial charge in [0.25, 0.3) is 0 Å². The Morgan fingerprint density at radius 1 is 1.11 bits per heavy atom. The summed E-state index contributed by atoms with van der Waals surface area (Å²) in [6, 6.07) is 2.39. The van der Waals surface area contributed by atoms with Crippen LogP contribution in [0.5, 0.6) is 0 Å². The summed E-state index contributed by atoms with van der Waals surface area (Å²) in [6.07, 6.45) is 14.9. The standard InChI is InChI=1S/C19H22/c1-13-10-17-12-14(2)15(3)18(19(17)11-13)9-8-16-6-4-5-7-16/h4-7,11-12,16H,8-10H2,1-3H3. The first kappa shape index (κ1) is 12.5. The topological polar surface area (TPSA) is 0 Å². The molecular weight excluding hydrogens is 228 g/mol. The van der Waals surface area contributed by atoms with Gasteiger partial charge >= 0.3 is 0 Å². The molecule has 0 saturated heterocycles. The van der Waals surface area contributed by atoms with E-state index in [0.29, 0.717) is 5.92 Å². The van der Waals surface area contributed by atoms with Crippen LogP contribution in [0.25, 0.3) is 6.08 Å². The Bertz CT molecular complexity index is 585. The molecule has 0 heteroatoms. The second kappa shape index (κ2) is 4.85. The third-order valence-electron chi connectivity index (χ3n) is 4.52. The van der Waals surface area contributed by atoms with E-state index < -0.39 is 0 Å². The molecule has 1 aromatic carbocycles. The monoisotopic (exact) mass is 250 g/mol. The van der Waals surface area contributed by atoms with Crippen molar-refractivity contribution >= 4 is 6.08 Å². The van der Waals surface area contributed by atoms with Crippen LogP contribution in [0.4, 0.5) is 0 Å². The average molecular weight is 250 g/mol. The smallest absolute Gasteiger partial charge is 0.00441 e. The lowest BCUT2D eigenvalue weighted by Gasteiger charge is -2.15. The molecular formula is C19H22. The second-order valence-electron chi connectivity index (χ2n) is 6.01. The van der Waals surface area contributed by atoms with Gasteiger partial charge in [0.2, 0.25) is 0 Å². The molecule has 2 aliphatic rings. The quantitative estimate of drug-likeness (QED) is 0.713. The minimum absolute atomic E-state index is 0.641. The summed E-state index contributed by atoms with van der Waals surface area (Å²) >= 11 is 0. The van der Waals surface area contributed by atoms with Crippen LogP contribution in [0, 0.1) is 19.8 Å². The summed E-state index contributed by atoms with van der Waals surface area (Å²) in [7, 11) is 0. The maximum absolute atomic E-state index is 2.40. The molecule has 0 fully saturated rings.